The van der Waals surface area contributed by atoms with E-state index in [0.29, 0.717) is 39.7 Å². The molecule has 1 heterocycles. The van der Waals surface area contributed by atoms with E-state index in [1.165, 1.54) is 18.3 Å². The Morgan fingerprint density at radius 2 is 2.04 bits per heavy atom. The molecule has 0 amide bonds. The molecule has 0 bridgehead atoms. The van der Waals surface area contributed by atoms with Crippen molar-refractivity contribution in [2.24, 2.45) is 0 Å². The first kappa shape index (κ1) is 16.2. The van der Waals surface area contributed by atoms with Crippen LogP contribution < -0.4 is 5.73 Å². The molecular weight excluding hydrogens is 331 g/mol. The second kappa shape index (κ2) is 6.09. The number of carbonyl (C=O) groups excluding carboxylic acids is 1. The highest BCUT2D eigenvalue weighted by Crippen LogP contribution is 2.34. The van der Waals surface area contributed by atoms with Crippen LogP contribution in [0.2, 0.25) is 5.02 Å². The third-order valence-electron chi connectivity index (χ3n) is 3.88. The number of halogens is 2. The van der Waals surface area contributed by atoms with E-state index in [1.807, 2.05) is 0 Å². The second-order valence-electron chi connectivity index (χ2n) is 5.38. The monoisotopic (exact) mass is 344 g/mol. The molecule has 122 valence electrons. The number of aromatic nitrogens is 1. The van der Waals surface area contributed by atoms with E-state index in [4.69, 9.17) is 17.3 Å². The van der Waals surface area contributed by atoms with Gasteiger partial charge in [0.05, 0.1) is 21.8 Å². The predicted octanol–water partition coefficient (Wildman–Crippen LogP) is 4.57. The highest BCUT2D eigenvalue weighted by atomic mass is 35.5. The van der Waals surface area contributed by atoms with Crippen molar-refractivity contribution in [1.82, 2.24) is 4.98 Å². The van der Waals surface area contributed by atoms with Gasteiger partial charge in [-0.05, 0) is 35.4 Å². The Labute approximate surface area is 142 Å². The van der Waals surface area contributed by atoms with Gasteiger partial charge in [-0.25, -0.2) is 4.39 Å². The fourth-order valence-electron chi connectivity index (χ4n) is 2.54. The van der Waals surface area contributed by atoms with Crippen LogP contribution in [0.5, 0.6) is 5.75 Å². The first-order valence-electron chi connectivity index (χ1n) is 7.32. The first-order valence-corrected chi connectivity index (χ1v) is 7.70. The van der Waals surface area contributed by atoms with Crippen LogP contribution in [0, 0.1) is 5.82 Å². The molecule has 2 aromatic carbocycles. The van der Waals surface area contributed by atoms with Crippen molar-refractivity contribution in [3.63, 3.8) is 0 Å². The molecule has 0 saturated carbocycles. The van der Waals surface area contributed by atoms with Crippen LogP contribution in [-0.2, 0) is 0 Å². The maximum Gasteiger partial charge on any atom is 0.170 e. The van der Waals surface area contributed by atoms with Gasteiger partial charge < -0.3 is 10.8 Å². The van der Waals surface area contributed by atoms with Gasteiger partial charge >= 0.3 is 0 Å². The Bertz CT molecular complexity index is 950. The Hall–Kier alpha value is -2.66. The summed E-state index contributed by atoms with van der Waals surface area (Å²) >= 11 is 5.83. The Morgan fingerprint density at radius 3 is 2.71 bits per heavy atom. The number of pyridine rings is 1. The summed E-state index contributed by atoms with van der Waals surface area (Å²) in [5, 5.41) is 9.97. The summed E-state index contributed by atoms with van der Waals surface area (Å²) < 4.78 is 13.7. The smallest absolute Gasteiger partial charge is 0.170 e. The number of Topliss-reactive ketones (excluding diaryl/α,β-unsaturated/α-hetero) is 1. The molecule has 0 radical (unpaired) electrons. The summed E-state index contributed by atoms with van der Waals surface area (Å²) in [5.74, 6) is -1.48. The zero-order valence-corrected chi connectivity index (χ0v) is 13.6. The Morgan fingerprint density at radius 1 is 1.29 bits per heavy atom. The van der Waals surface area contributed by atoms with Crippen molar-refractivity contribution in [2.45, 2.75) is 13.3 Å². The van der Waals surface area contributed by atoms with Gasteiger partial charge in [0.1, 0.15) is 0 Å². The number of ketones is 1. The lowest BCUT2D eigenvalue weighted by Gasteiger charge is -2.10. The van der Waals surface area contributed by atoms with Crippen LogP contribution >= 0.6 is 11.6 Å². The summed E-state index contributed by atoms with van der Waals surface area (Å²) in [6, 6.07) is 7.86. The Balaban J connectivity index is 2.21. The average molecular weight is 345 g/mol. The molecule has 0 atom stereocenters. The topological polar surface area (TPSA) is 76.2 Å². The quantitative estimate of drug-likeness (QED) is 0.682. The van der Waals surface area contributed by atoms with E-state index < -0.39 is 11.6 Å². The van der Waals surface area contributed by atoms with Gasteiger partial charge in [0.25, 0.3) is 0 Å². The number of fused-ring (bicyclic) bond motifs is 1. The number of anilines is 1. The van der Waals surface area contributed by atoms with Crippen LogP contribution in [0.4, 0.5) is 10.1 Å². The zero-order valence-electron chi connectivity index (χ0n) is 12.8. The van der Waals surface area contributed by atoms with Crippen LogP contribution in [0.15, 0.2) is 36.5 Å². The lowest BCUT2D eigenvalue weighted by molar-refractivity contribution is 0.0989. The van der Waals surface area contributed by atoms with Crippen LogP contribution in [0.3, 0.4) is 0 Å². The molecule has 0 spiro atoms. The number of benzene rings is 2. The van der Waals surface area contributed by atoms with E-state index in [9.17, 15) is 14.3 Å². The molecular formula is C18H14ClFN2O2. The van der Waals surface area contributed by atoms with Gasteiger partial charge in [-0.15, -0.1) is 0 Å². The van der Waals surface area contributed by atoms with Gasteiger partial charge in [0.2, 0.25) is 0 Å². The number of carbonyl (C=O) groups is 1. The van der Waals surface area contributed by atoms with Gasteiger partial charge in [-0.1, -0.05) is 24.6 Å². The highest BCUT2D eigenvalue weighted by Gasteiger charge is 2.14. The van der Waals surface area contributed by atoms with Gasteiger partial charge in [-0.3, -0.25) is 9.78 Å². The van der Waals surface area contributed by atoms with E-state index in [1.54, 1.807) is 25.1 Å². The minimum absolute atomic E-state index is 0.0777. The maximum atomic E-state index is 13.7. The molecule has 0 saturated heterocycles. The number of phenolic OH excluding ortho intramolecular Hbond substituents is 1. The molecule has 24 heavy (non-hydrogen) atoms. The van der Waals surface area contributed by atoms with Crippen molar-refractivity contribution in [2.75, 3.05) is 5.73 Å². The summed E-state index contributed by atoms with van der Waals surface area (Å²) in [6.07, 6.45) is 1.80. The summed E-state index contributed by atoms with van der Waals surface area (Å²) in [6.45, 7) is 1.75. The van der Waals surface area contributed by atoms with E-state index in [2.05, 4.69) is 4.98 Å². The van der Waals surface area contributed by atoms with Crippen molar-refractivity contribution < 1.29 is 14.3 Å². The molecule has 0 fully saturated rings. The number of phenols is 1. The summed E-state index contributed by atoms with van der Waals surface area (Å²) in [4.78, 5) is 16.2. The molecule has 6 heteroatoms. The van der Waals surface area contributed by atoms with E-state index in [-0.39, 0.29) is 10.8 Å². The number of hydrogen-bond donors (Lipinski definition) is 2. The largest absolute Gasteiger partial charge is 0.504 e. The number of nitrogen functional groups attached to an aromatic ring is 1. The predicted molar refractivity (Wildman–Crippen MR) is 92.8 cm³/mol. The minimum Gasteiger partial charge on any atom is -0.504 e. The lowest BCUT2D eigenvalue weighted by atomic mass is 10.00. The zero-order chi connectivity index (χ0) is 17.4. The highest BCUT2D eigenvalue weighted by molar-refractivity contribution is 6.32. The van der Waals surface area contributed by atoms with E-state index in [0.717, 1.165) is 0 Å². The molecule has 0 aliphatic carbocycles. The van der Waals surface area contributed by atoms with E-state index >= 15 is 0 Å². The standard InChI is InChI=1S/C18H14ClFN2O2/c1-2-16(23)12-8-22-15-4-3-9(5-11(15)17(12)21)10-6-13(19)18(24)14(20)7-10/h3-8,24H,2H2,1H3,(H2,21,22). The van der Waals surface area contributed by atoms with Crippen LogP contribution in [0.1, 0.15) is 23.7 Å². The SMILES string of the molecule is CCC(=O)c1cnc2ccc(-c3cc(F)c(O)c(Cl)c3)cc2c1N. The number of nitrogens with zero attached hydrogens (tertiary/aromatic N) is 1. The number of aromatic hydroxyl groups is 1. The fourth-order valence-corrected chi connectivity index (χ4v) is 2.75. The molecule has 0 aliphatic heterocycles. The minimum atomic E-state index is -0.807. The van der Waals surface area contributed by atoms with Crippen molar-refractivity contribution >= 4 is 34.0 Å². The lowest BCUT2D eigenvalue weighted by Crippen LogP contribution is -2.04. The first-order chi connectivity index (χ1) is 11.4. The molecule has 0 unspecified atom stereocenters. The second-order valence-corrected chi connectivity index (χ2v) is 5.79. The molecule has 1 aromatic heterocycles. The number of rotatable bonds is 3. The van der Waals surface area contributed by atoms with Crippen molar-refractivity contribution in [3.05, 3.63) is 52.9 Å². The molecule has 0 aliphatic rings. The van der Waals surface area contributed by atoms with Gasteiger partial charge in [0, 0.05) is 18.0 Å². The molecule has 4 nitrogen and oxygen atoms in total. The Kier molecular flexibility index (Phi) is 4.11. The molecule has 3 rings (SSSR count). The fraction of sp³-hybridized carbons (Fsp3) is 0.111. The normalized spacial score (nSPS) is 11.0. The number of nitrogens with two attached hydrogens (primary N) is 1. The molecule has 3 aromatic rings. The van der Waals surface area contributed by atoms with Crippen LogP contribution in [-0.4, -0.2) is 15.9 Å². The van der Waals surface area contributed by atoms with Gasteiger partial charge in [0.15, 0.2) is 17.3 Å². The maximum absolute atomic E-state index is 13.7. The van der Waals surface area contributed by atoms with Crippen molar-refractivity contribution in [1.29, 1.82) is 0 Å². The average Bonchev–Trinajstić information content (AvgIpc) is 2.58. The van der Waals surface area contributed by atoms with Gasteiger partial charge in [-0.2, -0.15) is 0 Å². The third kappa shape index (κ3) is 2.67. The van der Waals surface area contributed by atoms with Crippen molar-refractivity contribution in [3.8, 4) is 16.9 Å². The summed E-state index contributed by atoms with van der Waals surface area (Å²) in [5.41, 5.74) is 8.62. The number of hydrogen-bond acceptors (Lipinski definition) is 4. The van der Waals surface area contributed by atoms with Crippen LogP contribution in [0.25, 0.3) is 22.0 Å². The summed E-state index contributed by atoms with van der Waals surface area (Å²) in [7, 11) is 0. The third-order valence-corrected chi connectivity index (χ3v) is 4.17. The molecule has 3 N–H and O–H groups in total.